The zero-order valence-electron chi connectivity index (χ0n) is 7.64. The van der Waals surface area contributed by atoms with Crippen LogP contribution in [0.4, 0.5) is 17.6 Å². The van der Waals surface area contributed by atoms with Crippen LogP contribution in [0.2, 0.25) is 0 Å². The largest absolute Gasteiger partial charge is 0.416 e. The molecule has 0 aliphatic heterocycles. The molecule has 0 heterocycles. The quantitative estimate of drug-likeness (QED) is 0.627. The van der Waals surface area contributed by atoms with Crippen molar-refractivity contribution in [2.45, 2.75) is 6.18 Å². The van der Waals surface area contributed by atoms with E-state index < -0.39 is 34.6 Å². The minimum absolute atomic E-state index is 0.114. The summed E-state index contributed by atoms with van der Waals surface area (Å²) in [5.41, 5.74) is 1.57. The van der Waals surface area contributed by atoms with E-state index in [0.717, 1.165) is 0 Å². The average molecular weight is 235 g/mol. The summed E-state index contributed by atoms with van der Waals surface area (Å²) in [5.74, 6) is -2.72. The molecule has 0 saturated carbocycles. The van der Waals surface area contributed by atoms with Gasteiger partial charge >= 0.3 is 6.18 Å². The Bertz CT molecular complexity index is 454. The maximum Gasteiger partial charge on any atom is 0.416 e. The van der Waals surface area contributed by atoms with Gasteiger partial charge in [-0.3, -0.25) is 9.59 Å². The molecule has 0 saturated heterocycles. The molecule has 1 aromatic rings. The van der Waals surface area contributed by atoms with Crippen molar-refractivity contribution in [3.63, 3.8) is 0 Å². The first-order valence-corrected chi connectivity index (χ1v) is 3.93. The Labute approximate surface area is 86.9 Å². The standard InChI is InChI=1S/C9H5F4NO2/c10-7-4(3-15)1-5(9(11,12)13)2-6(7)8(14)16/h1-3H,(H2,14,16). The lowest BCUT2D eigenvalue weighted by molar-refractivity contribution is -0.137. The van der Waals surface area contributed by atoms with Crippen LogP contribution in [-0.4, -0.2) is 12.2 Å². The number of carbonyl (C=O) groups is 2. The van der Waals surface area contributed by atoms with Crippen molar-refractivity contribution in [1.29, 1.82) is 0 Å². The maximum atomic E-state index is 13.2. The fraction of sp³-hybridized carbons (Fsp3) is 0.111. The van der Waals surface area contributed by atoms with Crippen molar-refractivity contribution >= 4 is 12.2 Å². The van der Waals surface area contributed by atoms with E-state index >= 15 is 0 Å². The molecule has 86 valence electrons. The number of hydrogen-bond acceptors (Lipinski definition) is 2. The third kappa shape index (κ3) is 2.18. The number of aldehydes is 1. The van der Waals surface area contributed by atoms with Gasteiger partial charge in [0.15, 0.2) is 6.29 Å². The van der Waals surface area contributed by atoms with E-state index in [2.05, 4.69) is 5.73 Å². The maximum absolute atomic E-state index is 13.2. The van der Waals surface area contributed by atoms with Crippen molar-refractivity contribution in [1.82, 2.24) is 0 Å². The van der Waals surface area contributed by atoms with Crippen LogP contribution in [0.1, 0.15) is 26.3 Å². The molecule has 0 radical (unpaired) electrons. The average Bonchev–Trinajstić information content (AvgIpc) is 2.15. The van der Waals surface area contributed by atoms with E-state index in [1.165, 1.54) is 0 Å². The monoisotopic (exact) mass is 235 g/mol. The lowest BCUT2D eigenvalue weighted by Crippen LogP contribution is -2.17. The van der Waals surface area contributed by atoms with Crippen LogP contribution in [0, 0.1) is 5.82 Å². The molecule has 0 spiro atoms. The highest BCUT2D eigenvalue weighted by atomic mass is 19.4. The highest BCUT2D eigenvalue weighted by molar-refractivity contribution is 5.95. The Kier molecular flexibility index (Phi) is 2.97. The number of carbonyl (C=O) groups excluding carboxylic acids is 2. The fourth-order valence-corrected chi connectivity index (χ4v) is 1.08. The minimum Gasteiger partial charge on any atom is -0.366 e. The molecule has 0 aliphatic rings. The van der Waals surface area contributed by atoms with Gasteiger partial charge in [-0.15, -0.1) is 0 Å². The van der Waals surface area contributed by atoms with E-state index in [1.54, 1.807) is 0 Å². The minimum atomic E-state index is -4.78. The number of primary amides is 1. The molecular weight excluding hydrogens is 230 g/mol. The number of rotatable bonds is 2. The van der Waals surface area contributed by atoms with Crippen LogP contribution in [0.5, 0.6) is 0 Å². The highest BCUT2D eigenvalue weighted by Crippen LogP contribution is 2.31. The van der Waals surface area contributed by atoms with Gasteiger partial charge in [-0.05, 0) is 12.1 Å². The zero-order valence-corrected chi connectivity index (χ0v) is 7.64. The number of alkyl halides is 3. The van der Waals surface area contributed by atoms with E-state index in [1.807, 2.05) is 0 Å². The molecular formula is C9H5F4NO2. The Hall–Kier alpha value is -1.92. The first-order valence-electron chi connectivity index (χ1n) is 3.93. The summed E-state index contributed by atoms with van der Waals surface area (Å²) in [6, 6.07) is 0.583. The van der Waals surface area contributed by atoms with Crippen molar-refractivity contribution in [2.75, 3.05) is 0 Å². The summed E-state index contributed by atoms with van der Waals surface area (Å²) < 4.78 is 50.1. The molecule has 1 rings (SSSR count). The molecule has 0 bridgehead atoms. The molecule has 0 aromatic heterocycles. The molecule has 3 nitrogen and oxygen atoms in total. The summed E-state index contributed by atoms with van der Waals surface area (Å²) in [4.78, 5) is 21.0. The molecule has 0 aliphatic carbocycles. The fourth-order valence-electron chi connectivity index (χ4n) is 1.08. The van der Waals surface area contributed by atoms with Gasteiger partial charge in [-0.1, -0.05) is 0 Å². The van der Waals surface area contributed by atoms with Gasteiger partial charge in [-0.25, -0.2) is 4.39 Å². The van der Waals surface area contributed by atoms with Crippen molar-refractivity contribution in [2.24, 2.45) is 5.73 Å². The smallest absolute Gasteiger partial charge is 0.366 e. The lowest BCUT2D eigenvalue weighted by atomic mass is 10.0. The molecule has 0 fully saturated rings. The molecule has 2 N–H and O–H groups in total. The summed E-state index contributed by atoms with van der Waals surface area (Å²) in [6.45, 7) is 0. The van der Waals surface area contributed by atoms with E-state index in [9.17, 15) is 27.2 Å². The lowest BCUT2D eigenvalue weighted by Gasteiger charge is -2.09. The summed E-state index contributed by atoms with van der Waals surface area (Å²) in [7, 11) is 0. The normalized spacial score (nSPS) is 11.2. The number of hydrogen-bond donors (Lipinski definition) is 1. The second-order valence-corrected chi connectivity index (χ2v) is 2.91. The van der Waals surface area contributed by atoms with Gasteiger partial charge in [0.1, 0.15) is 5.82 Å². The second kappa shape index (κ2) is 3.92. The third-order valence-corrected chi connectivity index (χ3v) is 1.82. The van der Waals surface area contributed by atoms with Crippen molar-refractivity contribution in [3.05, 3.63) is 34.6 Å². The summed E-state index contributed by atoms with van der Waals surface area (Å²) >= 11 is 0. The summed E-state index contributed by atoms with van der Waals surface area (Å²) in [5, 5.41) is 0. The molecule has 1 amide bonds. The Morgan fingerprint density at radius 1 is 1.31 bits per heavy atom. The number of amides is 1. The van der Waals surface area contributed by atoms with Crippen molar-refractivity contribution < 1.29 is 27.2 Å². The van der Waals surface area contributed by atoms with Crippen LogP contribution in [0.25, 0.3) is 0 Å². The highest BCUT2D eigenvalue weighted by Gasteiger charge is 2.33. The van der Waals surface area contributed by atoms with E-state index in [-0.39, 0.29) is 12.4 Å². The first-order chi connectivity index (χ1) is 7.27. The van der Waals surface area contributed by atoms with Gasteiger partial charge in [-0.2, -0.15) is 13.2 Å². The predicted octanol–water partition coefficient (Wildman–Crippen LogP) is 1.76. The molecule has 0 atom stereocenters. The zero-order chi connectivity index (χ0) is 12.5. The van der Waals surface area contributed by atoms with Gasteiger partial charge in [0.2, 0.25) is 0 Å². The van der Waals surface area contributed by atoms with Crippen LogP contribution < -0.4 is 5.73 Å². The number of halogens is 4. The van der Waals surface area contributed by atoms with Crippen molar-refractivity contribution in [3.8, 4) is 0 Å². The van der Waals surface area contributed by atoms with Gasteiger partial charge in [0, 0.05) is 0 Å². The van der Waals surface area contributed by atoms with Crippen LogP contribution in [0.15, 0.2) is 12.1 Å². The predicted molar refractivity (Wildman–Crippen MR) is 45.3 cm³/mol. The topological polar surface area (TPSA) is 60.2 Å². The number of benzene rings is 1. The van der Waals surface area contributed by atoms with Gasteiger partial charge in [0.25, 0.3) is 5.91 Å². The third-order valence-electron chi connectivity index (χ3n) is 1.82. The van der Waals surface area contributed by atoms with E-state index in [4.69, 9.17) is 0 Å². The van der Waals surface area contributed by atoms with Crippen LogP contribution >= 0.6 is 0 Å². The van der Waals surface area contributed by atoms with Gasteiger partial charge < -0.3 is 5.73 Å². The van der Waals surface area contributed by atoms with Crippen LogP contribution in [-0.2, 0) is 6.18 Å². The molecule has 0 unspecified atom stereocenters. The van der Waals surface area contributed by atoms with E-state index in [0.29, 0.717) is 6.07 Å². The Balaban J connectivity index is 3.52. The Morgan fingerprint density at radius 2 is 1.88 bits per heavy atom. The SMILES string of the molecule is NC(=O)c1cc(C(F)(F)F)cc(C=O)c1F. The Morgan fingerprint density at radius 3 is 2.25 bits per heavy atom. The second-order valence-electron chi connectivity index (χ2n) is 2.91. The molecule has 16 heavy (non-hydrogen) atoms. The van der Waals surface area contributed by atoms with Crippen LogP contribution in [0.3, 0.4) is 0 Å². The molecule has 1 aromatic carbocycles. The summed E-state index contributed by atoms with van der Waals surface area (Å²) in [6.07, 6.45) is -4.90. The number of nitrogens with two attached hydrogens (primary N) is 1. The molecule has 7 heteroatoms. The first kappa shape index (κ1) is 12.2. The van der Waals surface area contributed by atoms with Gasteiger partial charge in [0.05, 0.1) is 16.7 Å².